The van der Waals surface area contributed by atoms with E-state index in [0.717, 1.165) is 5.56 Å². The molecule has 0 saturated heterocycles. The molecular weight excluding hydrogens is 253 g/mol. The number of benzene rings is 1. The maximum absolute atomic E-state index is 12.7. The fourth-order valence-electron chi connectivity index (χ4n) is 1.16. The average molecular weight is 271 g/mol. The zero-order valence-corrected chi connectivity index (χ0v) is 11.4. The van der Waals surface area contributed by atoms with E-state index >= 15 is 0 Å². The summed E-state index contributed by atoms with van der Waals surface area (Å²) in [5.74, 6) is 0.997. The molecule has 1 rings (SSSR count). The van der Waals surface area contributed by atoms with Crippen LogP contribution < -0.4 is 5.48 Å². The minimum Gasteiger partial charge on any atom is -0.273 e. The smallest absolute Gasteiger partial charge is 0.253 e. The molecule has 0 spiro atoms. The van der Waals surface area contributed by atoms with Crippen LogP contribution in [0.2, 0.25) is 0 Å². The number of carbonyl (C=O) groups is 1. The lowest BCUT2D eigenvalue weighted by molar-refractivity contribution is -0.131. The third kappa shape index (κ3) is 6.61. The molecule has 0 aliphatic rings. The minimum atomic E-state index is -0.247. The summed E-state index contributed by atoms with van der Waals surface area (Å²) < 4.78 is 12.7. The second-order valence-corrected chi connectivity index (χ2v) is 5.33. The summed E-state index contributed by atoms with van der Waals surface area (Å²) in [6.07, 6.45) is 0. The van der Waals surface area contributed by atoms with Gasteiger partial charge in [0.1, 0.15) is 5.82 Å². The molecule has 18 heavy (non-hydrogen) atoms. The second kappa shape index (κ2) is 8.11. The van der Waals surface area contributed by atoms with Gasteiger partial charge in [0, 0.05) is 5.75 Å². The number of halogens is 1. The summed E-state index contributed by atoms with van der Waals surface area (Å²) in [6.45, 7) is 4.53. The van der Waals surface area contributed by atoms with E-state index in [-0.39, 0.29) is 11.7 Å². The van der Waals surface area contributed by atoms with E-state index in [1.165, 1.54) is 23.9 Å². The molecule has 0 aliphatic heterocycles. The zero-order chi connectivity index (χ0) is 13.4. The van der Waals surface area contributed by atoms with Gasteiger partial charge in [0.25, 0.3) is 5.91 Å². The van der Waals surface area contributed by atoms with Crippen molar-refractivity contribution in [2.45, 2.75) is 19.6 Å². The standard InChI is InChI=1S/C13H18FNO2S/c1-10(2)7-17-15-13(16)9-18-8-11-3-5-12(14)6-4-11/h3-6,10H,7-9H2,1-2H3,(H,15,16). The van der Waals surface area contributed by atoms with E-state index in [1.54, 1.807) is 12.1 Å². The number of hydrogen-bond donors (Lipinski definition) is 1. The molecule has 0 bridgehead atoms. The maximum atomic E-state index is 12.7. The van der Waals surface area contributed by atoms with E-state index in [0.29, 0.717) is 24.0 Å². The highest BCUT2D eigenvalue weighted by atomic mass is 32.2. The van der Waals surface area contributed by atoms with E-state index in [1.807, 2.05) is 13.8 Å². The molecule has 0 atom stereocenters. The molecule has 3 nitrogen and oxygen atoms in total. The molecule has 0 fully saturated rings. The molecule has 0 aliphatic carbocycles. The van der Waals surface area contributed by atoms with Crippen molar-refractivity contribution in [3.8, 4) is 0 Å². The maximum Gasteiger partial charge on any atom is 0.253 e. The Bertz CT molecular complexity index is 368. The number of rotatable bonds is 7. The molecular formula is C13H18FNO2S. The lowest BCUT2D eigenvalue weighted by Gasteiger charge is -2.07. The van der Waals surface area contributed by atoms with Crippen LogP contribution in [-0.4, -0.2) is 18.3 Å². The van der Waals surface area contributed by atoms with Crippen molar-refractivity contribution in [1.82, 2.24) is 5.48 Å². The van der Waals surface area contributed by atoms with Crippen molar-refractivity contribution >= 4 is 17.7 Å². The van der Waals surface area contributed by atoms with Gasteiger partial charge < -0.3 is 0 Å². The molecule has 1 aromatic rings. The first-order chi connectivity index (χ1) is 8.58. The van der Waals surface area contributed by atoms with Crippen molar-refractivity contribution in [3.63, 3.8) is 0 Å². The van der Waals surface area contributed by atoms with Gasteiger partial charge in [0.15, 0.2) is 0 Å². The number of nitrogens with one attached hydrogen (secondary N) is 1. The summed E-state index contributed by atoms with van der Waals surface area (Å²) >= 11 is 1.46. The lowest BCUT2D eigenvalue weighted by atomic mass is 10.2. The highest BCUT2D eigenvalue weighted by Gasteiger charge is 2.03. The molecule has 1 N–H and O–H groups in total. The van der Waals surface area contributed by atoms with Crippen LogP contribution in [0, 0.1) is 11.7 Å². The monoisotopic (exact) mass is 271 g/mol. The Morgan fingerprint density at radius 2 is 2.06 bits per heavy atom. The van der Waals surface area contributed by atoms with Crippen LogP contribution in [0.1, 0.15) is 19.4 Å². The van der Waals surface area contributed by atoms with E-state index in [4.69, 9.17) is 4.84 Å². The van der Waals surface area contributed by atoms with E-state index in [2.05, 4.69) is 5.48 Å². The van der Waals surface area contributed by atoms with Crippen LogP contribution in [0.5, 0.6) is 0 Å². The molecule has 0 aromatic heterocycles. The first-order valence-electron chi connectivity index (χ1n) is 5.80. The number of carbonyl (C=O) groups excluding carboxylic acids is 1. The predicted molar refractivity (Wildman–Crippen MR) is 71.5 cm³/mol. The first kappa shape index (κ1) is 15.0. The fraction of sp³-hybridized carbons (Fsp3) is 0.462. The first-order valence-corrected chi connectivity index (χ1v) is 6.96. The van der Waals surface area contributed by atoms with Crippen LogP contribution in [0.15, 0.2) is 24.3 Å². The molecule has 0 saturated carbocycles. The molecule has 0 heterocycles. The van der Waals surface area contributed by atoms with Crippen LogP contribution >= 0.6 is 11.8 Å². The average Bonchev–Trinajstić information content (AvgIpc) is 2.31. The van der Waals surface area contributed by atoms with Crippen LogP contribution in [0.4, 0.5) is 4.39 Å². The van der Waals surface area contributed by atoms with Gasteiger partial charge >= 0.3 is 0 Å². The summed E-state index contributed by atoms with van der Waals surface area (Å²) in [6, 6.07) is 6.27. The van der Waals surface area contributed by atoms with Crippen LogP contribution in [0.3, 0.4) is 0 Å². The van der Waals surface area contributed by atoms with E-state index < -0.39 is 0 Å². The predicted octanol–water partition coefficient (Wildman–Crippen LogP) is 2.76. The highest BCUT2D eigenvalue weighted by Crippen LogP contribution is 2.12. The van der Waals surface area contributed by atoms with Gasteiger partial charge in [-0.3, -0.25) is 9.63 Å². The number of thioether (sulfide) groups is 1. The summed E-state index contributed by atoms with van der Waals surface area (Å²) in [7, 11) is 0. The summed E-state index contributed by atoms with van der Waals surface area (Å²) in [5, 5.41) is 0. The third-order valence-electron chi connectivity index (χ3n) is 2.02. The lowest BCUT2D eigenvalue weighted by Crippen LogP contribution is -2.27. The number of hydrogen-bond acceptors (Lipinski definition) is 3. The van der Waals surface area contributed by atoms with Crippen molar-refractivity contribution in [1.29, 1.82) is 0 Å². The van der Waals surface area contributed by atoms with E-state index in [9.17, 15) is 9.18 Å². The van der Waals surface area contributed by atoms with Gasteiger partial charge in [-0.1, -0.05) is 26.0 Å². The minimum absolute atomic E-state index is 0.150. The number of hydroxylamine groups is 1. The Hall–Kier alpha value is -1.07. The zero-order valence-electron chi connectivity index (χ0n) is 10.6. The number of amides is 1. The molecule has 1 aromatic carbocycles. The molecule has 0 unspecified atom stereocenters. The Morgan fingerprint density at radius 3 is 2.67 bits per heavy atom. The van der Waals surface area contributed by atoms with Gasteiger partial charge in [-0.2, -0.15) is 0 Å². The van der Waals surface area contributed by atoms with Crippen molar-refractivity contribution in [2.75, 3.05) is 12.4 Å². The van der Waals surface area contributed by atoms with Gasteiger partial charge in [-0.05, 0) is 23.6 Å². The topological polar surface area (TPSA) is 38.3 Å². The Kier molecular flexibility index (Phi) is 6.75. The van der Waals surface area contributed by atoms with Gasteiger partial charge in [0.05, 0.1) is 12.4 Å². The van der Waals surface area contributed by atoms with Gasteiger partial charge in [-0.15, -0.1) is 11.8 Å². The fourth-order valence-corrected chi connectivity index (χ4v) is 1.94. The Morgan fingerprint density at radius 1 is 1.39 bits per heavy atom. The third-order valence-corrected chi connectivity index (χ3v) is 3.02. The quantitative estimate of drug-likeness (QED) is 0.775. The molecule has 100 valence electrons. The van der Waals surface area contributed by atoms with Crippen LogP contribution in [-0.2, 0) is 15.4 Å². The normalized spacial score (nSPS) is 10.7. The van der Waals surface area contributed by atoms with Crippen LogP contribution in [0.25, 0.3) is 0 Å². The van der Waals surface area contributed by atoms with Crippen molar-refractivity contribution < 1.29 is 14.0 Å². The van der Waals surface area contributed by atoms with Gasteiger partial charge in [-0.25, -0.2) is 9.87 Å². The van der Waals surface area contributed by atoms with Gasteiger partial charge in [0.2, 0.25) is 0 Å². The van der Waals surface area contributed by atoms with Crippen molar-refractivity contribution in [3.05, 3.63) is 35.6 Å². The Labute approximate surface area is 111 Å². The largest absolute Gasteiger partial charge is 0.273 e. The molecule has 1 amide bonds. The summed E-state index contributed by atoms with van der Waals surface area (Å²) in [4.78, 5) is 16.4. The summed E-state index contributed by atoms with van der Waals surface area (Å²) in [5.41, 5.74) is 3.39. The van der Waals surface area contributed by atoms with Crippen molar-refractivity contribution in [2.24, 2.45) is 5.92 Å². The molecule has 5 heteroatoms. The molecule has 0 radical (unpaired) electrons. The Balaban J connectivity index is 2.13. The second-order valence-electron chi connectivity index (χ2n) is 4.35. The SMILES string of the molecule is CC(C)CONC(=O)CSCc1ccc(F)cc1. The highest BCUT2D eigenvalue weighted by molar-refractivity contribution is 7.99.